The molecule has 0 aliphatic heterocycles. The van der Waals surface area contributed by atoms with Gasteiger partial charge in [0.2, 0.25) is 11.5 Å². The third-order valence-electron chi connectivity index (χ3n) is 2.66. The zero-order valence-electron chi connectivity index (χ0n) is 11.0. The molecule has 0 amide bonds. The average Bonchev–Trinajstić information content (AvgIpc) is 2.50. The minimum atomic E-state index is -0.578. The van der Waals surface area contributed by atoms with E-state index in [0.29, 0.717) is 15.7 Å². The van der Waals surface area contributed by atoms with Crippen LogP contribution in [0.4, 0.5) is 5.69 Å². The van der Waals surface area contributed by atoms with Crippen LogP contribution in [0.15, 0.2) is 47.6 Å². The lowest BCUT2D eigenvalue weighted by molar-refractivity contribution is 0.106. The van der Waals surface area contributed by atoms with Gasteiger partial charge >= 0.3 is 0 Å². The molecular weight excluding hydrogens is 345 g/mol. The molecule has 0 aliphatic rings. The van der Waals surface area contributed by atoms with Crippen LogP contribution in [0.2, 0.25) is 15.1 Å². The van der Waals surface area contributed by atoms with Gasteiger partial charge in [0, 0.05) is 10.6 Å². The molecule has 0 saturated carbocycles. The highest BCUT2D eigenvalue weighted by molar-refractivity contribution is 6.53. The molecule has 0 heterocycles. The molecule has 0 saturated heterocycles. The van der Waals surface area contributed by atoms with Gasteiger partial charge in [-0.15, -0.1) is 0 Å². The second kappa shape index (κ2) is 7.28. The molecule has 0 aliphatic carbocycles. The van der Waals surface area contributed by atoms with Gasteiger partial charge in [-0.05, 0) is 30.3 Å². The van der Waals surface area contributed by atoms with Gasteiger partial charge in [-0.3, -0.25) is 10.2 Å². The molecule has 4 nitrogen and oxygen atoms in total. The summed E-state index contributed by atoms with van der Waals surface area (Å²) in [5.74, 6) is -0.578. The molecule has 0 spiro atoms. The van der Waals surface area contributed by atoms with E-state index in [0.717, 1.165) is 0 Å². The minimum absolute atomic E-state index is 0.202. The zero-order chi connectivity index (χ0) is 16.1. The maximum Gasteiger partial charge on any atom is 0.225 e. The number of nitrogens with zero attached hydrogens (tertiary/aromatic N) is 2. The first kappa shape index (κ1) is 16.3. The molecule has 0 atom stereocenters. The molecule has 2 aromatic rings. The van der Waals surface area contributed by atoms with E-state index in [1.807, 2.05) is 0 Å². The third-order valence-corrected chi connectivity index (χ3v) is 3.54. The van der Waals surface area contributed by atoms with Crippen LogP contribution in [-0.2, 0) is 0 Å². The van der Waals surface area contributed by atoms with Crippen molar-refractivity contribution in [3.63, 3.8) is 0 Å². The van der Waals surface area contributed by atoms with Crippen molar-refractivity contribution in [3.05, 3.63) is 63.1 Å². The van der Waals surface area contributed by atoms with E-state index in [9.17, 15) is 4.79 Å². The van der Waals surface area contributed by atoms with E-state index in [1.54, 1.807) is 36.4 Å². The van der Waals surface area contributed by atoms with Gasteiger partial charge in [-0.2, -0.15) is 10.4 Å². The fraction of sp³-hybridized carbons (Fsp3) is 0. The Bertz CT molecular complexity index is 797. The highest BCUT2D eigenvalue weighted by atomic mass is 35.5. The molecule has 7 heteroatoms. The van der Waals surface area contributed by atoms with Crippen molar-refractivity contribution in [2.45, 2.75) is 0 Å². The number of ketones is 1. The van der Waals surface area contributed by atoms with Gasteiger partial charge in [0.25, 0.3) is 0 Å². The Morgan fingerprint density at radius 2 is 1.82 bits per heavy atom. The Hall–Kier alpha value is -2.06. The largest absolute Gasteiger partial charge is 0.286 e. The molecule has 0 aromatic heterocycles. The minimum Gasteiger partial charge on any atom is -0.286 e. The molecule has 2 aromatic carbocycles. The zero-order valence-corrected chi connectivity index (χ0v) is 13.2. The summed E-state index contributed by atoms with van der Waals surface area (Å²) in [6.45, 7) is 0. The van der Waals surface area contributed by atoms with Crippen LogP contribution < -0.4 is 5.43 Å². The predicted octanol–water partition coefficient (Wildman–Crippen LogP) is 4.82. The van der Waals surface area contributed by atoms with Crippen molar-refractivity contribution in [1.29, 1.82) is 5.26 Å². The number of carbonyl (C=O) groups is 1. The van der Waals surface area contributed by atoms with Gasteiger partial charge in [0.15, 0.2) is 0 Å². The molecule has 0 radical (unpaired) electrons. The number of hydrogen-bond acceptors (Lipinski definition) is 4. The van der Waals surface area contributed by atoms with E-state index in [-0.39, 0.29) is 16.3 Å². The Balaban J connectivity index is 2.27. The SMILES string of the molecule is N#C/C(=N\Nc1ccc(Cl)cc1Cl)C(=O)c1ccccc1Cl. The number of hydrazone groups is 1. The van der Waals surface area contributed by atoms with Crippen LogP contribution in [0.3, 0.4) is 0 Å². The molecular formula is C15H8Cl3N3O. The number of hydrogen-bond donors (Lipinski definition) is 1. The van der Waals surface area contributed by atoms with Gasteiger partial charge in [-0.25, -0.2) is 0 Å². The van der Waals surface area contributed by atoms with Crippen molar-refractivity contribution >= 4 is 52.0 Å². The standard InChI is InChI=1S/C15H8Cl3N3O/c16-9-5-6-13(12(18)7-9)20-21-14(8-19)15(22)10-3-1-2-4-11(10)17/h1-7,20H/b21-14+. The summed E-state index contributed by atoms with van der Waals surface area (Å²) in [6, 6.07) is 12.9. The van der Waals surface area contributed by atoms with Crippen LogP contribution >= 0.6 is 34.8 Å². The third kappa shape index (κ3) is 3.77. The number of halogens is 3. The molecule has 1 N–H and O–H groups in total. The van der Waals surface area contributed by atoms with E-state index < -0.39 is 5.78 Å². The Kier molecular flexibility index (Phi) is 5.40. The predicted molar refractivity (Wildman–Crippen MR) is 88.9 cm³/mol. The highest BCUT2D eigenvalue weighted by Gasteiger charge is 2.16. The van der Waals surface area contributed by atoms with Crippen molar-refractivity contribution in [2.24, 2.45) is 5.10 Å². The van der Waals surface area contributed by atoms with Crippen molar-refractivity contribution in [3.8, 4) is 6.07 Å². The first-order chi connectivity index (χ1) is 10.5. The Morgan fingerprint density at radius 3 is 2.45 bits per heavy atom. The quantitative estimate of drug-likeness (QED) is 0.487. The summed E-state index contributed by atoms with van der Waals surface area (Å²) in [5, 5.41) is 13.9. The maximum atomic E-state index is 12.2. The summed E-state index contributed by atoms with van der Waals surface area (Å²) in [5.41, 5.74) is 2.86. The molecule has 110 valence electrons. The summed E-state index contributed by atoms with van der Waals surface area (Å²) >= 11 is 17.7. The summed E-state index contributed by atoms with van der Waals surface area (Å²) in [7, 11) is 0. The van der Waals surface area contributed by atoms with Crippen LogP contribution in [0.1, 0.15) is 10.4 Å². The topological polar surface area (TPSA) is 65.2 Å². The van der Waals surface area contributed by atoms with Gasteiger partial charge in [0.1, 0.15) is 6.07 Å². The number of rotatable bonds is 4. The summed E-state index contributed by atoms with van der Waals surface area (Å²) in [4.78, 5) is 12.2. The van der Waals surface area contributed by atoms with Crippen molar-refractivity contribution < 1.29 is 4.79 Å². The van der Waals surface area contributed by atoms with E-state index in [2.05, 4.69) is 10.5 Å². The Labute approximate surface area is 141 Å². The molecule has 2 rings (SSSR count). The normalized spacial score (nSPS) is 10.9. The first-order valence-electron chi connectivity index (χ1n) is 6.01. The number of anilines is 1. The fourth-order valence-electron chi connectivity index (χ4n) is 1.60. The van der Waals surface area contributed by atoms with Gasteiger partial charge in [-0.1, -0.05) is 46.9 Å². The monoisotopic (exact) mass is 351 g/mol. The van der Waals surface area contributed by atoms with Crippen LogP contribution in [0.25, 0.3) is 0 Å². The van der Waals surface area contributed by atoms with Crippen molar-refractivity contribution in [1.82, 2.24) is 0 Å². The van der Waals surface area contributed by atoms with E-state index >= 15 is 0 Å². The number of benzene rings is 2. The number of carbonyl (C=O) groups excluding carboxylic acids is 1. The lowest BCUT2D eigenvalue weighted by atomic mass is 10.1. The van der Waals surface area contributed by atoms with Crippen LogP contribution in [0, 0.1) is 11.3 Å². The second-order valence-electron chi connectivity index (χ2n) is 4.12. The number of nitriles is 1. The molecule has 0 bridgehead atoms. The number of nitrogens with one attached hydrogen (secondary N) is 1. The van der Waals surface area contributed by atoms with Crippen molar-refractivity contribution in [2.75, 3.05) is 5.43 Å². The summed E-state index contributed by atoms with van der Waals surface area (Å²) < 4.78 is 0. The van der Waals surface area contributed by atoms with Crippen LogP contribution in [-0.4, -0.2) is 11.5 Å². The smallest absolute Gasteiger partial charge is 0.225 e. The van der Waals surface area contributed by atoms with Crippen LogP contribution in [0.5, 0.6) is 0 Å². The fourth-order valence-corrected chi connectivity index (χ4v) is 2.27. The number of Topliss-reactive ketones (excluding diaryl/α,β-unsaturated/α-hetero) is 1. The average molecular weight is 353 g/mol. The lowest BCUT2D eigenvalue weighted by Crippen LogP contribution is -2.14. The van der Waals surface area contributed by atoms with E-state index in [4.69, 9.17) is 40.1 Å². The maximum absolute atomic E-state index is 12.2. The molecule has 22 heavy (non-hydrogen) atoms. The van der Waals surface area contributed by atoms with E-state index in [1.165, 1.54) is 12.1 Å². The lowest BCUT2D eigenvalue weighted by Gasteiger charge is -2.05. The highest BCUT2D eigenvalue weighted by Crippen LogP contribution is 2.25. The molecule has 0 unspecified atom stereocenters. The first-order valence-corrected chi connectivity index (χ1v) is 7.14. The van der Waals surface area contributed by atoms with Gasteiger partial charge in [0.05, 0.1) is 15.7 Å². The second-order valence-corrected chi connectivity index (χ2v) is 5.37. The Morgan fingerprint density at radius 1 is 1.09 bits per heavy atom. The van der Waals surface area contributed by atoms with Gasteiger partial charge < -0.3 is 0 Å². The molecule has 0 fully saturated rings. The summed E-state index contributed by atoms with van der Waals surface area (Å²) in [6.07, 6.45) is 0.